The summed E-state index contributed by atoms with van der Waals surface area (Å²) in [5, 5.41) is 11.4. The van der Waals surface area contributed by atoms with Gasteiger partial charge in [-0.3, -0.25) is 19.5 Å². The number of carbonyl (C=O) groups excluding carboxylic acids is 2. The molecule has 0 bridgehead atoms. The van der Waals surface area contributed by atoms with Crippen molar-refractivity contribution in [2.75, 3.05) is 4.90 Å². The maximum absolute atomic E-state index is 13.4. The maximum atomic E-state index is 13.4. The van der Waals surface area contributed by atoms with E-state index in [0.717, 1.165) is 0 Å². The van der Waals surface area contributed by atoms with Crippen LogP contribution < -0.4 is 4.90 Å². The highest BCUT2D eigenvalue weighted by atomic mass is 35.5. The van der Waals surface area contributed by atoms with Gasteiger partial charge in [-0.05, 0) is 54.1 Å². The molecule has 1 aliphatic heterocycles. The lowest BCUT2D eigenvalue weighted by Gasteiger charge is -2.25. The number of anilines is 1. The van der Waals surface area contributed by atoms with Crippen LogP contribution >= 0.6 is 11.6 Å². The normalized spacial score (nSPS) is 18.3. The molecule has 3 aromatic rings. The van der Waals surface area contributed by atoms with Crippen molar-refractivity contribution < 1.29 is 19.1 Å². The number of carbonyl (C=O) groups is 2. The van der Waals surface area contributed by atoms with Crippen molar-refractivity contribution in [2.24, 2.45) is 0 Å². The van der Waals surface area contributed by atoms with Crippen molar-refractivity contribution in [1.82, 2.24) is 4.98 Å². The second kappa shape index (κ2) is 7.48. The molecule has 0 spiro atoms. The number of nitrogens with zero attached hydrogens (tertiary/aromatic N) is 2. The van der Waals surface area contributed by atoms with Crippen LogP contribution in [0, 0.1) is 5.82 Å². The molecular weight excluding hydrogens is 395 g/mol. The fourth-order valence-electron chi connectivity index (χ4n) is 3.33. The zero-order valence-electron chi connectivity index (χ0n) is 14.9. The van der Waals surface area contributed by atoms with Gasteiger partial charge in [0.1, 0.15) is 11.6 Å². The number of aliphatic hydroxyl groups is 1. The van der Waals surface area contributed by atoms with Gasteiger partial charge in [-0.1, -0.05) is 23.7 Å². The number of halogens is 2. The zero-order valence-corrected chi connectivity index (χ0v) is 15.7. The topological polar surface area (TPSA) is 70.5 Å². The first-order valence-corrected chi connectivity index (χ1v) is 9.07. The zero-order chi connectivity index (χ0) is 20.5. The van der Waals surface area contributed by atoms with Gasteiger partial charge in [0.15, 0.2) is 0 Å². The fraction of sp³-hybridized carbons (Fsp3) is 0.0455. The summed E-state index contributed by atoms with van der Waals surface area (Å²) in [6.07, 6.45) is 2.95. The maximum Gasteiger partial charge on any atom is 0.300 e. The minimum Gasteiger partial charge on any atom is -0.507 e. The highest BCUT2D eigenvalue weighted by Crippen LogP contribution is 2.42. The molecule has 7 heteroatoms. The van der Waals surface area contributed by atoms with Crippen LogP contribution in [-0.2, 0) is 9.59 Å². The Balaban J connectivity index is 1.94. The molecule has 0 aliphatic carbocycles. The summed E-state index contributed by atoms with van der Waals surface area (Å²) in [6.45, 7) is 0. The Kier molecular flexibility index (Phi) is 4.86. The predicted molar refractivity (Wildman–Crippen MR) is 107 cm³/mol. The molecule has 1 unspecified atom stereocenters. The van der Waals surface area contributed by atoms with Crippen molar-refractivity contribution in [2.45, 2.75) is 6.04 Å². The number of Topliss-reactive ketones (excluding diaryl/α,β-unsaturated/α-hetero) is 1. The Labute approximate surface area is 170 Å². The van der Waals surface area contributed by atoms with Crippen LogP contribution in [-0.4, -0.2) is 21.8 Å². The van der Waals surface area contributed by atoms with E-state index < -0.39 is 23.5 Å². The van der Waals surface area contributed by atoms with E-state index in [1.165, 1.54) is 41.6 Å². The van der Waals surface area contributed by atoms with E-state index in [4.69, 9.17) is 11.6 Å². The van der Waals surface area contributed by atoms with Crippen LogP contribution in [0.3, 0.4) is 0 Å². The number of amides is 1. The molecule has 2 heterocycles. The molecule has 1 fully saturated rings. The van der Waals surface area contributed by atoms with E-state index in [1.807, 2.05) is 0 Å². The first-order valence-electron chi connectivity index (χ1n) is 8.70. The summed E-state index contributed by atoms with van der Waals surface area (Å²) in [5.41, 5.74) is 1.21. The monoisotopic (exact) mass is 408 g/mol. The molecule has 1 amide bonds. The van der Waals surface area contributed by atoms with Crippen LogP contribution in [0.25, 0.3) is 5.76 Å². The van der Waals surface area contributed by atoms with E-state index in [-0.39, 0.29) is 11.3 Å². The highest BCUT2D eigenvalue weighted by Gasteiger charge is 2.46. The number of benzene rings is 2. The molecule has 1 N–H and O–H groups in total. The Morgan fingerprint density at radius 2 is 1.59 bits per heavy atom. The van der Waals surface area contributed by atoms with Gasteiger partial charge in [-0.2, -0.15) is 0 Å². The lowest BCUT2D eigenvalue weighted by molar-refractivity contribution is -0.132. The van der Waals surface area contributed by atoms with E-state index in [9.17, 15) is 19.1 Å². The third-order valence-electron chi connectivity index (χ3n) is 4.69. The number of rotatable bonds is 3. The smallest absolute Gasteiger partial charge is 0.300 e. The molecule has 5 nitrogen and oxygen atoms in total. The Bertz CT molecular complexity index is 1110. The fourth-order valence-corrected chi connectivity index (χ4v) is 3.45. The van der Waals surface area contributed by atoms with Crippen LogP contribution in [0.4, 0.5) is 10.1 Å². The van der Waals surface area contributed by atoms with E-state index in [0.29, 0.717) is 21.8 Å². The lowest BCUT2D eigenvalue weighted by atomic mass is 9.95. The van der Waals surface area contributed by atoms with Gasteiger partial charge >= 0.3 is 0 Å². The summed E-state index contributed by atoms with van der Waals surface area (Å²) < 4.78 is 13.4. The predicted octanol–water partition coefficient (Wildman–Crippen LogP) is 4.50. The molecular formula is C22H14ClFN2O3. The standard InChI is InChI=1S/C22H14ClFN2O3/c23-15-3-1-13(2-4-15)19-18(20(27)14-9-11-25-12-10-14)21(28)22(29)26(19)17-7-5-16(24)6-8-17/h1-12,19,27H/b20-18-. The van der Waals surface area contributed by atoms with Crippen molar-refractivity contribution in [1.29, 1.82) is 0 Å². The Hall–Kier alpha value is -3.51. The highest BCUT2D eigenvalue weighted by molar-refractivity contribution is 6.51. The molecule has 2 aromatic carbocycles. The van der Waals surface area contributed by atoms with Gasteiger partial charge in [-0.25, -0.2) is 4.39 Å². The molecule has 4 rings (SSSR count). The molecule has 29 heavy (non-hydrogen) atoms. The number of ketones is 1. The molecule has 0 radical (unpaired) electrons. The van der Waals surface area contributed by atoms with Gasteiger partial charge in [0, 0.05) is 28.7 Å². The second-order valence-electron chi connectivity index (χ2n) is 6.43. The van der Waals surface area contributed by atoms with Gasteiger partial charge < -0.3 is 5.11 Å². The minimum absolute atomic E-state index is 0.0622. The van der Waals surface area contributed by atoms with Crippen molar-refractivity contribution in [3.63, 3.8) is 0 Å². The molecule has 1 atom stereocenters. The van der Waals surface area contributed by atoms with Gasteiger partial charge in [0.2, 0.25) is 0 Å². The summed E-state index contributed by atoms with van der Waals surface area (Å²) in [4.78, 5) is 30.9. The number of hydrogen-bond donors (Lipinski definition) is 1. The quantitative estimate of drug-likeness (QED) is 0.393. The van der Waals surface area contributed by atoms with Crippen molar-refractivity contribution in [3.05, 3.63) is 101 Å². The van der Waals surface area contributed by atoms with Crippen LogP contribution in [0.15, 0.2) is 78.6 Å². The van der Waals surface area contributed by atoms with Gasteiger partial charge in [0.25, 0.3) is 11.7 Å². The third-order valence-corrected chi connectivity index (χ3v) is 4.94. The summed E-state index contributed by atoms with van der Waals surface area (Å²) in [6, 6.07) is 14.0. The van der Waals surface area contributed by atoms with Gasteiger partial charge in [-0.15, -0.1) is 0 Å². The number of aromatic nitrogens is 1. The van der Waals surface area contributed by atoms with Crippen LogP contribution in [0.1, 0.15) is 17.2 Å². The van der Waals surface area contributed by atoms with Gasteiger partial charge in [0.05, 0.1) is 11.6 Å². The van der Waals surface area contributed by atoms with E-state index in [1.54, 1.807) is 36.4 Å². The molecule has 0 saturated carbocycles. The average Bonchev–Trinajstić information content (AvgIpc) is 3.00. The first-order chi connectivity index (χ1) is 14.0. The first kappa shape index (κ1) is 18.8. The summed E-state index contributed by atoms with van der Waals surface area (Å²) >= 11 is 5.98. The Morgan fingerprint density at radius 3 is 2.21 bits per heavy atom. The van der Waals surface area contributed by atoms with Crippen LogP contribution in [0.5, 0.6) is 0 Å². The number of aliphatic hydroxyl groups excluding tert-OH is 1. The molecule has 1 saturated heterocycles. The largest absolute Gasteiger partial charge is 0.507 e. The SMILES string of the molecule is O=C1C(=O)N(c2ccc(F)cc2)C(c2ccc(Cl)cc2)/C1=C(/O)c1ccncc1. The molecule has 1 aromatic heterocycles. The lowest BCUT2D eigenvalue weighted by Crippen LogP contribution is -2.29. The Morgan fingerprint density at radius 1 is 0.966 bits per heavy atom. The minimum atomic E-state index is -0.897. The number of hydrogen-bond acceptors (Lipinski definition) is 4. The summed E-state index contributed by atoms with van der Waals surface area (Å²) in [7, 11) is 0. The average molecular weight is 409 g/mol. The van der Waals surface area contributed by atoms with Crippen LogP contribution in [0.2, 0.25) is 5.02 Å². The number of pyridine rings is 1. The van der Waals surface area contributed by atoms with Crippen molar-refractivity contribution >= 4 is 34.7 Å². The third kappa shape index (κ3) is 3.39. The second-order valence-corrected chi connectivity index (χ2v) is 6.87. The van der Waals surface area contributed by atoms with E-state index in [2.05, 4.69) is 4.98 Å². The molecule has 144 valence electrons. The summed E-state index contributed by atoms with van der Waals surface area (Å²) in [5.74, 6) is -2.42. The molecule has 1 aliphatic rings. The van der Waals surface area contributed by atoms with Crippen molar-refractivity contribution in [3.8, 4) is 0 Å². The van der Waals surface area contributed by atoms with E-state index >= 15 is 0 Å².